The largest absolute Gasteiger partial charge is 0.353 e. The number of nitrogens with one attached hydrogen (secondary N) is 3. The molecule has 6 heteroatoms. The number of fused-ring (bicyclic) bond motifs is 1. The lowest BCUT2D eigenvalue weighted by molar-refractivity contribution is -0.123. The molecule has 2 aliphatic rings. The summed E-state index contributed by atoms with van der Waals surface area (Å²) in [4.78, 5) is 22.1. The number of carbonyl (C=O) groups is 1. The van der Waals surface area contributed by atoms with Gasteiger partial charge in [0.1, 0.15) is 0 Å². The van der Waals surface area contributed by atoms with E-state index < -0.39 is 0 Å². The van der Waals surface area contributed by atoms with Gasteiger partial charge < -0.3 is 10.3 Å². The number of imidazole rings is 1. The van der Waals surface area contributed by atoms with Crippen LogP contribution in [0.25, 0.3) is 0 Å². The highest BCUT2D eigenvalue weighted by molar-refractivity contribution is 5.82. The van der Waals surface area contributed by atoms with Crippen LogP contribution in [0.1, 0.15) is 31.2 Å². The van der Waals surface area contributed by atoms with Crippen LogP contribution in [0.2, 0.25) is 0 Å². The number of amides is 1. The Hall–Kier alpha value is -1.40. The van der Waals surface area contributed by atoms with Gasteiger partial charge in [0.15, 0.2) is 0 Å². The standard InChI is InChI=1S/C14H23N5O/c1-2-19-5-3-4-10(19)7-16-14(20)12-6-11-13(8-15-12)18-9-17-11/h9-10,12,15H,2-8H2,1H3,(H,16,20)(H,17,18). The van der Waals surface area contributed by atoms with Crippen molar-refractivity contribution in [2.24, 2.45) is 0 Å². The molecule has 3 N–H and O–H groups in total. The van der Waals surface area contributed by atoms with Gasteiger partial charge in [-0.15, -0.1) is 0 Å². The van der Waals surface area contributed by atoms with Crippen LogP contribution >= 0.6 is 0 Å². The molecule has 1 aromatic rings. The van der Waals surface area contributed by atoms with E-state index in [-0.39, 0.29) is 11.9 Å². The number of likely N-dealkylation sites (tertiary alicyclic amines) is 1. The Labute approximate surface area is 119 Å². The zero-order valence-corrected chi connectivity index (χ0v) is 12.0. The van der Waals surface area contributed by atoms with E-state index in [1.807, 2.05) is 0 Å². The molecule has 0 spiro atoms. The molecule has 1 saturated heterocycles. The minimum Gasteiger partial charge on any atom is -0.353 e. The number of aromatic amines is 1. The van der Waals surface area contributed by atoms with Gasteiger partial charge in [0.2, 0.25) is 5.91 Å². The molecule has 0 radical (unpaired) electrons. The van der Waals surface area contributed by atoms with Crippen LogP contribution in [0.5, 0.6) is 0 Å². The Balaban J connectivity index is 1.50. The second-order valence-electron chi connectivity index (χ2n) is 5.64. The smallest absolute Gasteiger partial charge is 0.237 e. The summed E-state index contributed by atoms with van der Waals surface area (Å²) in [7, 11) is 0. The summed E-state index contributed by atoms with van der Waals surface area (Å²) in [5, 5.41) is 6.37. The topological polar surface area (TPSA) is 73.0 Å². The summed E-state index contributed by atoms with van der Waals surface area (Å²) >= 11 is 0. The van der Waals surface area contributed by atoms with Crippen LogP contribution < -0.4 is 10.6 Å². The van der Waals surface area contributed by atoms with E-state index in [1.54, 1.807) is 6.33 Å². The van der Waals surface area contributed by atoms with Gasteiger partial charge in [-0.2, -0.15) is 0 Å². The highest BCUT2D eigenvalue weighted by Crippen LogP contribution is 2.16. The van der Waals surface area contributed by atoms with Crippen molar-refractivity contribution in [2.75, 3.05) is 19.6 Å². The van der Waals surface area contributed by atoms with Gasteiger partial charge in [-0.1, -0.05) is 6.92 Å². The third-order valence-electron chi connectivity index (χ3n) is 4.46. The molecular weight excluding hydrogens is 254 g/mol. The van der Waals surface area contributed by atoms with E-state index in [0.717, 1.165) is 31.0 Å². The average Bonchev–Trinajstić information content (AvgIpc) is 3.12. The maximum Gasteiger partial charge on any atom is 0.237 e. The summed E-state index contributed by atoms with van der Waals surface area (Å²) in [5.41, 5.74) is 2.11. The van der Waals surface area contributed by atoms with Crippen LogP contribution in [0.15, 0.2) is 6.33 Å². The van der Waals surface area contributed by atoms with Crippen LogP contribution in [-0.2, 0) is 17.8 Å². The van der Waals surface area contributed by atoms with Gasteiger partial charge >= 0.3 is 0 Å². The number of nitrogens with zero attached hydrogens (tertiary/aromatic N) is 2. The molecule has 0 bridgehead atoms. The predicted molar refractivity (Wildman–Crippen MR) is 76.2 cm³/mol. The zero-order valence-electron chi connectivity index (χ0n) is 12.0. The van der Waals surface area contributed by atoms with Gasteiger partial charge in [-0.3, -0.25) is 15.0 Å². The Morgan fingerprint density at radius 3 is 3.35 bits per heavy atom. The first-order valence-corrected chi connectivity index (χ1v) is 7.54. The predicted octanol–water partition coefficient (Wildman–Crippen LogP) is 0.0245. The number of H-pyrrole nitrogens is 1. The fourth-order valence-corrected chi connectivity index (χ4v) is 3.24. The molecule has 0 aliphatic carbocycles. The summed E-state index contributed by atoms with van der Waals surface area (Å²) in [6.07, 6.45) is 4.81. The minimum absolute atomic E-state index is 0.0987. The van der Waals surface area contributed by atoms with Gasteiger partial charge in [0.05, 0.1) is 23.8 Å². The summed E-state index contributed by atoms with van der Waals surface area (Å²) in [6, 6.07) is 0.357. The highest BCUT2D eigenvalue weighted by Gasteiger charge is 2.28. The molecule has 1 fully saturated rings. The molecule has 1 aromatic heterocycles. The van der Waals surface area contributed by atoms with Crippen molar-refractivity contribution in [1.82, 2.24) is 25.5 Å². The van der Waals surface area contributed by atoms with Crippen LogP contribution in [-0.4, -0.2) is 52.5 Å². The maximum atomic E-state index is 12.3. The van der Waals surface area contributed by atoms with Crippen molar-refractivity contribution in [2.45, 2.75) is 44.8 Å². The molecule has 1 amide bonds. The van der Waals surface area contributed by atoms with Crippen molar-refractivity contribution in [3.63, 3.8) is 0 Å². The van der Waals surface area contributed by atoms with Crippen molar-refractivity contribution in [3.05, 3.63) is 17.7 Å². The molecule has 2 unspecified atom stereocenters. The highest BCUT2D eigenvalue weighted by atomic mass is 16.2. The second-order valence-corrected chi connectivity index (χ2v) is 5.64. The molecule has 0 aromatic carbocycles. The third-order valence-corrected chi connectivity index (χ3v) is 4.46. The van der Waals surface area contributed by atoms with Crippen molar-refractivity contribution in [3.8, 4) is 0 Å². The molecule has 20 heavy (non-hydrogen) atoms. The first kappa shape index (κ1) is 13.6. The maximum absolute atomic E-state index is 12.3. The quantitative estimate of drug-likeness (QED) is 0.726. The van der Waals surface area contributed by atoms with E-state index in [9.17, 15) is 4.79 Å². The molecule has 2 atom stereocenters. The van der Waals surface area contributed by atoms with E-state index >= 15 is 0 Å². The monoisotopic (exact) mass is 277 g/mol. The zero-order chi connectivity index (χ0) is 13.9. The first-order valence-electron chi connectivity index (χ1n) is 7.54. The van der Waals surface area contributed by atoms with Gasteiger partial charge in [0.25, 0.3) is 0 Å². The fourth-order valence-electron chi connectivity index (χ4n) is 3.24. The lowest BCUT2D eigenvalue weighted by Gasteiger charge is -2.26. The molecule has 3 rings (SSSR count). The van der Waals surface area contributed by atoms with E-state index in [2.05, 4.69) is 32.4 Å². The van der Waals surface area contributed by atoms with Crippen LogP contribution in [0, 0.1) is 0 Å². The Kier molecular flexibility index (Phi) is 4.03. The Morgan fingerprint density at radius 1 is 1.60 bits per heavy atom. The van der Waals surface area contributed by atoms with Crippen LogP contribution in [0.4, 0.5) is 0 Å². The molecule has 0 saturated carbocycles. The van der Waals surface area contributed by atoms with E-state index in [4.69, 9.17) is 0 Å². The van der Waals surface area contributed by atoms with Crippen molar-refractivity contribution < 1.29 is 4.79 Å². The fraction of sp³-hybridized carbons (Fsp3) is 0.714. The summed E-state index contributed by atoms with van der Waals surface area (Å²) in [6.45, 7) is 5.87. The Bertz CT molecular complexity index is 472. The average molecular weight is 277 g/mol. The lowest BCUT2D eigenvalue weighted by Crippen LogP contribution is -2.50. The summed E-state index contributed by atoms with van der Waals surface area (Å²) in [5.74, 6) is 0.0987. The van der Waals surface area contributed by atoms with Gasteiger partial charge in [-0.25, -0.2) is 4.98 Å². The van der Waals surface area contributed by atoms with Gasteiger partial charge in [0, 0.05) is 25.6 Å². The molecule has 3 heterocycles. The molecule has 110 valence electrons. The normalized spacial score (nSPS) is 26.4. The number of carbonyl (C=O) groups excluding carboxylic acids is 1. The number of aromatic nitrogens is 2. The van der Waals surface area contributed by atoms with Crippen molar-refractivity contribution >= 4 is 5.91 Å². The minimum atomic E-state index is -0.151. The molecule has 2 aliphatic heterocycles. The second kappa shape index (κ2) is 5.93. The first-order chi connectivity index (χ1) is 9.78. The summed E-state index contributed by atoms with van der Waals surface area (Å²) < 4.78 is 0. The third kappa shape index (κ3) is 2.71. The Morgan fingerprint density at radius 2 is 2.50 bits per heavy atom. The number of rotatable bonds is 4. The van der Waals surface area contributed by atoms with E-state index in [1.165, 1.54) is 12.8 Å². The lowest BCUT2D eigenvalue weighted by atomic mass is 10.0. The SMILES string of the molecule is CCN1CCCC1CNC(=O)C1Cc2nc[nH]c2CN1. The number of hydrogen-bond acceptors (Lipinski definition) is 4. The van der Waals surface area contributed by atoms with E-state index in [0.29, 0.717) is 19.0 Å². The van der Waals surface area contributed by atoms with Crippen molar-refractivity contribution in [1.29, 1.82) is 0 Å². The molecular formula is C14H23N5O. The number of likely N-dealkylation sites (N-methyl/N-ethyl adjacent to an activating group) is 1. The van der Waals surface area contributed by atoms with Gasteiger partial charge in [-0.05, 0) is 25.9 Å². The molecule has 6 nitrogen and oxygen atoms in total. The number of hydrogen-bond donors (Lipinski definition) is 3. The van der Waals surface area contributed by atoms with Crippen LogP contribution in [0.3, 0.4) is 0 Å².